The van der Waals surface area contributed by atoms with E-state index in [0.717, 1.165) is 29.8 Å². The minimum atomic E-state index is -0.380. The van der Waals surface area contributed by atoms with Crippen molar-refractivity contribution in [1.82, 2.24) is 19.7 Å². The standard InChI is InChI=1S/C12H19N5O2S/c1-3-5-9-10(20-17-15-9)12-14-11(16-19-12)8(13)7-18-6-4-2/h8H,3-7,13H2,1-2H3. The molecule has 2 N–H and O–H groups in total. The summed E-state index contributed by atoms with van der Waals surface area (Å²) in [5.74, 6) is 0.886. The van der Waals surface area contributed by atoms with Crippen LogP contribution in [0.3, 0.4) is 0 Å². The molecule has 2 heterocycles. The van der Waals surface area contributed by atoms with Crippen molar-refractivity contribution in [3.05, 3.63) is 11.5 Å². The van der Waals surface area contributed by atoms with Crippen molar-refractivity contribution in [2.45, 2.75) is 39.2 Å². The molecule has 2 aromatic rings. The maximum absolute atomic E-state index is 5.96. The molecule has 0 aliphatic rings. The highest BCUT2D eigenvalue weighted by Gasteiger charge is 2.19. The number of nitrogens with zero attached hydrogens (tertiary/aromatic N) is 4. The molecule has 7 nitrogen and oxygen atoms in total. The Morgan fingerprint density at radius 3 is 2.95 bits per heavy atom. The molecule has 0 saturated heterocycles. The summed E-state index contributed by atoms with van der Waals surface area (Å²) in [7, 11) is 0. The fraction of sp³-hybridized carbons (Fsp3) is 0.667. The first-order valence-electron chi connectivity index (χ1n) is 6.74. The van der Waals surface area contributed by atoms with Gasteiger partial charge in [0.15, 0.2) is 5.82 Å². The molecule has 0 aliphatic carbocycles. The minimum Gasteiger partial charge on any atom is -0.379 e. The molecule has 0 amide bonds. The molecule has 0 bridgehead atoms. The second kappa shape index (κ2) is 7.41. The summed E-state index contributed by atoms with van der Waals surface area (Å²) in [6, 6.07) is -0.380. The zero-order chi connectivity index (χ0) is 14.4. The number of aromatic nitrogens is 4. The molecule has 2 aromatic heterocycles. The maximum Gasteiger partial charge on any atom is 0.271 e. The molecule has 1 atom stereocenters. The molecular weight excluding hydrogens is 278 g/mol. The van der Waals surface area contributed by atoms with E-state index in [-0.39, 0.29) is 6.04 Å². The number of hydrogen-bond donors (Lipinski definition) is 1. The van der Waals surface area contributed by atoms with Crippen LogP contribution in [0, 0.1) is 0 Å². The highest BCUT2D eigenvalue weighted by Crippen LogP contribution is 2.26. The monoisotopic (exact) mass is 297 g/mol. The largest absolute Gasteiger partial charge is 0.379 e. The zero-order valence-corrected chi connectivity index (χ0v) is 12.5. The van der Waals surface area contributed by atoms with Gasteiger partial charge in [-0.2, -0.15) is 4.98 Å². The van der Waals surface area contributed by atoms with Crippen LogP contribution in [0.2, 0.25) is 0 Å². The molecule has 8 heteroatoms. The zero-order valence-electron chi connectivity index (χ0n) is 11.7. The van der Waals surface area contributed by atoms with Crippen molar-refractivity contribution in [3.8, 4) is 10.8 Å². The predicted molar refractivity (Wildman–Crippen MR) is 75.2 cm³/mol. The number of rotatable bonds is 8. The lowest BCUT2D eigenvalue weighted by atomic mass is 10.2. The Hall–Kier alpha value is -1.38. The van der Waals surface area contributed by atoms with Crippen LogP contribution in [-0.2, 0) is 11.2 Å². The molecule has 0 spiro atoms. The van der Waals surface area contributed by atoms with E-state index < -0.39 is 0 Å². The summed E-state index contributed by atoms with van der Waals surface area (Å²) in [5.41, 5.74) is 6.85. The van der Waals surface area contributed by atoms with Gasteiger partial charge in [-0.15, -0.1) is 5.10 Å². The molecule has 20 heavy (non-hydrogen) atoms. The topological polar surface area (TPSA) is 100.0 Å². The molecular formula is C12H19N5O2S. The van der Waals surface area contributed by atoms with Crippen LogP contribution in [0.1, 0.15) is 44.2 Å². The first-order chi connectivity index (χ1) is 9.76. The highest BCUT2D eigenvalue weighted by atomic mass is 32.1. The van der Waals surface area contributed by atoms with E-state index in [0.29, 0.717) is 24.9 Å². The van der Waals surface area contributed by atoms with Crippen LogP contribution < -0.4 is 5.73 Å². The Morgan fingerprint density at radius 1 is 1.35 bits per heavy atom. The van der Waals surface area contributed by atoms with Gasteiger partial charge in [0.2, 0.25) is 0 Å². The van der Waals surface area contributed by atoms with Crippen molar-refractivity contribution in [1.29, 1.82) is 0 Å². The van der Waals surface area contributed by atoms with Gasteiger partial charge in [-0.1, -0.05) is 29.9 Å². The van der Waals surface area contributed by atoms with Crippen LogP contribution in [-0.4, -0.2) is 32.9 Å². The van der Waals surface area contributed by atoms with Crippen LogP contribution in [0.15, 0.2) is 4.52 Å². The van der Waals surface area contributed by atoms with E-state index in [1.165, 1.54) is 11.5 Å². The molecule has 0 radical (unpaired) electrons. The SMILES string of the molecule is CCCOCC(N)c1noc(-c2snnc2CCC)n1. The van der Waals surface area contributed by atoms with E-state index in [1.807, 2.05) is 6.92 Å². The lowest BCUT2D eigenvalue weighted by molar-refractivity contribution is 0.119. The maximum atomic E-state index is 5.96. The van der Waals surface area contributed by atoms with E-state index in [1.54, 1.807) is 0 Å². The second-order valence-electron chi connectivity index (χ2n) is 4.44. The van der Waals surface area contributed by atoms with Crippen LogP contribution in [0.4, 0.5) is 0 Å². The van der Waals surface area contributed by atoms with Gasteiger partial charge in [0.05, 0.1) is 18.3 Å². The lowest BCUT2D eigenvalue weighted by Gasteiger charge is -2.06. The van der Waals surface area contributed by atoms with Gasteiger partial charge in [0.1, 0.15) is 4.88 Å². The third-order valence-electron chi connectivity index (χ3n) is 2.66. The van der Waals surface area contributed by atoms with E-state index in [2.05, 4.69) is 26.7 Å². The Balaban J connectivity index is 2.06. The molecule has 110 valence electrons. The molecule has 0 saturated carbocycles. The number of nitrogens with two attached hydrogens (primary N) is 1. The summed E-state index contributed by atoms with van der Waals surface area (Å²) in [6.07, 6.45) is 2.79. The molecule has 2 rings (SSSR count). The van der Waals surface area contributed by atoms with Gasteiger partial charge in [-0.25, -0.2) is 0 Å². The average molecular weight is 297 g/mol. The molecule has 0 aromatic carbocycles. The van der Waals surface area contributed by atoms with Crippen LogP contribution in [0.25, 0.3) is 10.8 Å². The smallest absolute Gasteiger partial charge is 0.271 e. The van der Waals surface area contributed by atoms with Gasteiger partial charge < -0.3 is 15.0 Å². The quantitative estimate of drug-likeness (QED) is 0.743. The van der Waals surface area contributed by atoms with Crippen LogP contribution >= 0.6 is 11.5 Å². The summed E-state index contributed by atoms with van der Waals surface area (Å²) in [6.45, 7) is 5.20. The van der Waals surface area contributed by atoms with Gasteiger partial charge in [0.25, 0.3) is 5.89 Å². The Morgan fingerprint density at radius 2 is 2.20 bits per heavy atom. The van der Waals surface area contributed by atoms with Gasteiger partial charge >= 0.3 is 0 Å². The third kappa shape index (κ3) is 3.59. The average Bonchev–Trinajstić information content (AvgIpc) is 3.07. The lowest BCUT2D eigenvalue weighted by Crippen LogP contribution is -2.18. The van der Waals surface area contributed by atoms with Crippen molar-refractivity contribution in [2.75, 3.05) is 13.2 Å². The normalized spacial score (nSPS) is 12.8. The first kappa shape index (κ1) is 15.0. The summed E-state index contributed by atoms with van der Waals surface area (Å²) >= 11 is 1.26. The van der Waals surface area contributed by atoms with Crippen molar-refractivity contribution in [3.63, 3.8) is 0 Å². The second-order valence-corrected chi connectivity index (χ2v) is 5.19. The fourth-order valence-corrected chi connectivity index (χ4v) is 2.31. The Labute approximate surface area is 121 Å². The van der Waals surface area contributed by atoms with Gasteiger partial charge in [-0.3, -0.25) is 0 Å². The number of ether oxygens (including phenoxy) is 1. The van der Waals surface area contributed by atoms with E-state index in [4.69, 9.17) is 15.0 Å². The molecule has 0 aliphatic heterocycles. The van der Waals surface area contributed by atoms with Crippen molar-refractivity contribution in [2.24, 2.45) is 5.73 Å². The van der Waals surface area contributed by atoms with Crippen LogP contribution in [0.5, 0.6) is 0 Å². The number of aryl methyl sites for hydroxylation is 1. The molecule has 0 fully saturated rings. The van der Waals surface area contributed by atoms with E-state index >= 15 is 0 Å². The van der Waals surface area contributed by atoms with E-state index in [9.17, 15) is 0 Å². The first-order valence-corrected chi connectivity index (χ1v) is 7.52. The molecule has 1 unspecified atom stereocenters. The Kier molecular flexibility index (Phi) is 5.57. The summed E-state index contributed by atoms with van der Waals surface area (Å²) in [4.78, 5) is 5.15. The third-order valence-corrected chi connectivity index (χ3v) is 3.41. The van der Waals surface area contributed by atoms with Gasteiger partial charge in [0, 0.05) is 6.61 Å². The Bertz CT molecular complexity index is 527. The highest BCUT2D eigenvalue weighted by molar-refractivity contribution is 7.09. The van der Waals surface area contributed by atoms with Crippen molar-refractivity contribution >= 4 is 11.5 Å². The number of hydrogen-bond acceptors (Lipinski definition) is 8. The minimum absolute atomic E-state index is 0.380. The van der Waals surface area contributed by atoms with Crippen molar-refractivity contribution < 1.29 is 9.26 Å². The fourth-order valence-electron chi connectivity index (χ4n) is 1.68. The summed E-state index contributed by atoms with van der Waals surface area (Å²) in [5, 5.41) is 7.99. The predicted octanol–water partition coefficient (Wildman–Crippen LogP) is 1.97. The van der Waals surface area contributed by atoms with Gasteiger partial charge in [-0.05, 0) is 24.4 Å². The summed E-state index contributed by atoms with van der Waals surface area (Å²) < 4.78 is 14.6.